The minimum Gasteiger partial charge on any atom is -0.459 e. The molecule has 0 heterocycles. The van der Waals surface area contributed by atoms with Crippen molar-refractivity contribution >= 4 is 23.6 Å². The molecule has 7 heteroatoms. The third kappa shape index (κ3) is 7.49. The van der Waals surface area contributed by atoms with Gasteiger partial charge in [-0.3, -0.25) is 9.59 Å². The number of rotatable bonds is 6. The highest BCUT2D eigenvalue weighted by Gasteiger charge is 2.17. The summed E-state index contributed by atoms with van der Waals surface area (Å²) in [6.07, 6.45) is 0. The van der Waals surface area contributed by atoms with E-state index in [0.717, 1.165) is 5.56 Å². The van der Waals surface area contributed by atoms with E-state index in [0.29, 0.717) is 17.8 Å². The predicted octanol–water partition coefficient (Wildman–Crippen LogP) is 3.08. The number of hydrogen-bond donors (Lipinski definition) is 3. The lowest BCUT2D eigenvalue weighted by atomic mass is 10.2. The van der Waals surface area contributed by atoms with Gasteiger partial charge >= 0.3 is 12.0 Å². The highest BCUT2D eigenvalue weighted by Crippen LogP contribution is 2.11. The first-order valence-electron chi connectivity index (χ1n) is 8.92. The summed E-state index contributed by atoms with van der Waals surface area (Å²) >= 11 is 0. The molecule has 7 nitrogen and oxygen atoms in total. The third-order valence-corrected chi connectivity index (χ3v) is 3.49. The van der Waals surface area contributed by atoms with Crippen molar-refractivity contribution in [2.45, 2.75) is 32.9 Å². The lowest BCUT2D eigenvalue weighted by Gasteiger charge is -2.19. The summed E-state index contributed by atoms with van der Waals surface area (Å²) in [6, 6.07) is 15.6. The van der Waals surface area contributed by atoms with Gasteiger partial charge in [-0.1, -0.05) is 36.4 Å². The van der Waals surface area contributed by atoms with Gasteiger partial charge in [-0.15, -0.1) is 0 Å². The van der Waals surface area contributed by atoms with Gasteiger partial charge < -0.3 is 20.7 Å². The first kappa shape index (κ1) is 21.0. The van der Waals surface area contributed by atoms with Crippen LogP contribution < -0.4 is 16.0 Å². The average molecular weight is 383 g/mol. The Morgan fingerprint density at radius 3 is 2.32 bits per heavy atom. The molecule has 0 aliphatic heterocycles. The van der Waals surface area contributed by atoms with Crippen molar-refractivity contribution in [3.63, 3.8) is 0 Å². The molecule has 3 amide bonds. The van der Waals surface area contributed by atoms with E-state index in [1.807, 2.05) is 30.3 Å². The van der Waals surface area contributed by atoms with Gasteiger partial charge in [0.2, 0.25) is 0 Å². The summed E-state index contributed by atoms with van der Waals surface area (Å²) in [4.78, 5) is 35.9. The van der Waals surface area contributed by atoms with Gasteiger partial charge in [0.25, 0.3) is 5.91 Å². The minimum absolute atomic E-state index is 0.231. The van der Waals surface area contributed by atoms with E-state index in [2.05, 4.69) is 16.0 Å². The molecule has 3 N–H and O–H groups in total. The van der Waals surface area contributed by atoms with E-state index < -0.39 is 17.5 Å². The second kappa shape index (κ2) is 9.55. The zero-order valence-electron chi connectivity index (χ0n) is 16.2. The SMILES string of the molecule is CC(C)(C)OC(=O)CNC(=O)c1cccc(NC(=O)NCc2ccccc2)c1. The summed E-state index contributed by atoms with van der Waals surface area (Å²) in [5.74, 6) is -0.949. The third-order valence-electron chi connectivity index (χ3n) is 3.49. The molecule has 2 rings (SSSR count). The number of amides is 3. The number of urea groups is 1. The van der Waals surface area contributed by atoms with E-state index in [-0.39, 0.29) is 12.6 Å². The standard InChI is InChI=1S/C21H25N3O4/c1-21(2,3)28-18(25)14-22-19(26)16-10-7-11-17(12-16)24-20(27)23-13-15-8-5-4-6-9-15/h4-12H,13-14H2,1-3H3,(H,22,26)(H2,23,24,27). The molecule has 0 aromatic heterocycles. The van der Waals surface area contributed by atoms with Crippen molar-refractivity contribution in [1.82, 2.24) is 10.6 Å². The maximum Gasteiger partial charge on any atom is 0.325 e. The van der Waals surface area contributed by atoms with Crippen molar-refractivity contribution in [3.8, 4) is 0 Å². The van der Waals surface area contributed by atoms with Crippen LogP contribution in [0, 0.1) is 0 Å². The second-order valence-electron chi connectivity index (χ2n) is 7.14. The maximum atomic E-state index is 12.2. The Kier molecular flexibility index (Phi) is 7.14. The second-order valence-corrected chi connectivity index (χ2v) is 7.14. The zero-order chi connectivity index (χ0) is 20.6. The van der Waals surface area contributed by atoms with Crippen LogP contribution >= 0.6 is 0 Å². The molecular formula is C21H25N3O4. The van der Waals surface area contributed by atoms with Gasteiger partial charge in [-0.25, -0.2) is 4.79 Å². The van der Waals surface area contributed by atoms with Crippen LogP contribution in [0.1, 0.15) is 36.7 Å². The van der Waals surface area contributed by atoms with Crippen molar-refractivity contribution in [2.75, 3.05) is 11.9 Å². The Hall–Kier alpha value is -3.35. The van der Waals surface area contributed by atoms with E-state index in [1.165, 1.54) is 6.07 Å². The minimum atomic E-state index is -0.612. The molecule has 0 aliphatic carbocycles. The van der Waals surface area contributed by atoms with E-state index in [9.17, 15) is 14.4 Å². The highest BCUT2D eigenvalue weighted by atomic mass is 16.6. The van der Waals surface area contributed by atoms with Crippen LogP contribution in [0.3, 0.4) is 0 Å². The summed E-state index contributed by atoms with van der Waals surface area (Å²) in [5.41, 5.74) is 1.16. The van der Waals surface area contributed by atoms with Crippen molar-refractivity contribution < 1.29 is 19.1 Å². The van der Waals surface area contributed by atoms with Crippen LogP contribution in [-0.4, -0.2) is 30.1 Å². The number of esters is 1. The molecule has 2 aromatic carbocycles. The molecular weight excluding hydrogens is 358 g/mol. The molecule has 0 fully saturated rings. The fraction of sp³-hybridized carbons (Fsp3) is 0.286. The fourth-order valence-electron chi connectivity index (χ4n) is 2.32. The largest absolute Gasteiger partial charge is 0.459 e. The predicted molar refractivity (Wildman–Crippen MR) is 107 cm³/mol. The Morgan fingerprint density at radius 2 is 1.64 bits per heavy atom. The lowest BCUT2D eigenvalue weighted by Crippen LogP contribution is -2.34. The molecule has 0 spiro atoms. The number of hydrogen-bond acceptors (Lipinski definition) is 4. The number of benzene rings is 2. The lowest BCUT2D eigenvalue weighted by molar-refractivity contribution is -0.153. The monoisotopic (exact) mass is 383 g/mol. The van der Waals surface area contributed by atoms with Gasteiger partial charge in [0.1, 0.15) is 12.1 Å². The number of carbonyl (C=O) groups is 3. The van der Waals surface area contributed by atoms with Gasteiger partial charge in [-0.05, 0) is 44.5 Å². The molecule has 148 valence electrons. The molecule has 0 aliphatic rings. The Balaban J connectivity index is 1.86. The van der Waals surface area contributed by atoms with Crippen molar-refractivity contribution in [2.24, 2.45) is 0 Å². The van der Waals surface area contributed by atoms with E-state index in [4.69, 9.17) is 4.74 Å². The number of anilines is 1. The normalized spacial score (nSPS) is 10.7. The Morgan fingerprint density at radius 1 is 0.929 bits per heavy atom. The maximum absolute atomic E-state index is 12.2. The van der Waals surface area contributed by atoms with Crippen molar-refractivity contribution in [1.29, 1.82) is 0 Å². The van der Waals surface area contributed by atoms with E-state index in [1.54, 1.807) is 39.0 Å². The molecule has 0 saturated carbocycles. The Labute approximate surface area is 164 Å². The van der Waals surface area contributed by atoms with Crippen LogP contribution in [0.2, 0.25) is 0 Å². The first-order chi connectivity index (χ1) is 13.2. The smallest absolute Gasteiger partial charge is 0.325 e. The summed E-state index contributed by atoms with van der Waals surface area (Å²) in [7, 11) is 0. The quantitative estimate of drug-likeness (QED) is 0.668. The van der Waals surface area contributed by atoms with Crippen LogP contribution in [0.5, 0.6) is 0 Å². The van der Waals surface area contributed by atoms with Crippen LogP contribution in [0.15, 0.2) is 54.6 Å². The van der Waals surface area contributed by atoms with E-state index >= 15 is 0 Å². The van der Waals surface area contributed by atoms with Crippen LogP contribution in [0.25, 0.3) is 0 Å². The van der Waals surface area contributed by atoms with Crippen molar-refractivity contribution in [3.05, 3.63) is 65.7 Å². The molecule has 28 heavy (non-hydrogen) atoms. The summed E-state index contributed by atoms with van der Waals surface area (Å²) in [5, 5.41) is 7.93. The Bertz CT molecular complexity index is 829. The summed E-state index contributed by atoms with van der Waals surface area (Å²) in [6.45, 7) is 5.42. The average Bonchev–Trinajstić information content (AvgIpc) is 2.64. The molecule has 0 radical (unpaired) electrons. The number of nitrogens with one attached hydrogen (secondary N) is 3. The topological polar surface area (TPSA) is 96.5 Å². The van der Waals surface area contributed by atoms with Gasteiger partial charge in [0.15, 0.2) is 0 Å². The molecule has 0 bridgehead atoms. The zero-order valence-corrected chi connectivity index (χ0v) is 16.2. The van der Waals surface area contributed by atoms with Gasteiger partial charge in [-0.2, -0.15) is 0 Å². The van der Waals surface area contributed by atoms with Crippen LogP contribution in [-0.2, 0) is 16.1 Å². The molecule has 2 aromatic rings. The van der Waals surface area contributed by atoms with Crippen LogP contribution in [0.4, 0.5) is 10.5 Å². The van der Waals surface area contributed by atoms with Gasteiger partial charge in [0.05, 0.1) is 0 Å². The fourth-order valence-corrected chi connectivity index (χ4v) is 2.32. The summed E-state index contributed by atoms with van der Waals surface area (Å²) < 4.78 is 5.14. The number of carbonyl (C=O) groups excluding carboxylic acids is 3. The molecule has 0 unspecified atom stereocenters. The van der Waals surface area contributed by atoms with Gasteiger partial charge in [0, 0.05) is 17.8 Å². The first-order valence-corrected chi connectivity index (χ1v) is 8.92. The number of ether oxygens (including phenoxy) is 1. The highest BCUT2D eigenvalue weighted by molar-refractivity contribution is 5.98. The molecule has 0 saturated heterocycles. The molecule has 0 atom stereocenters.